The molecule has 2 aromatic rings. The van der Waals surface area contributed by atoms with Crippen LogP contribution < -0.4 is 10.6 Å². The maximum absolute atomic E-state index is 12.0. The highest BCUT2D eigenvalue weighted by molar-refractivity contribution is 7.19. The molecule has 0 radical (unpaired) electrons. The molecule has 0 atom stereocenters. The molecule has 0 saturated heterocycles. The Morgan fingerprint density at radius 2 is 1.96 bits per heavy atom. The van der Waals surface area contributed by atoms with Crippen molar-refractivity contribution in [3.63, 3.8) is 0 Å². The largest absolute Gasteiger partial charge is 0.348 e. The SMILES string of the molecule is O=C(NCCC1=CCCCC1)C(=O)Nc1ncc(-c2ccccc2)s1. The van der Waals surface area contributed by atoms with Gasteiger partial charge in [-0.05, 0) is 37.7 Å². The van der Waals surface area contributed by atoms with Gasteiger partial charge in [0, 0.05) is 12.7 Å². The number of benzene rings is 1. The van der Waals surface area contributed by atoms with Crippen LogP contribution in [0.4, 0.5) is 5.13 Å². The first-order valence-corrected chi connectivity index (χ1v) is 9.32. The van der Waals surface area contributed by atoms with Gasteiger partial charge in [-0.2, -0.15) is 0 Å². The average molecular weight is 355 g/mol. The molecule has 5 nitrogen and oxygen atoms in total. The van der Waals surface area contributed by atoms with Crippen LogP contribution in [0.2, 0.25) is 0 Å². The normalized spacial score (nSPS) is 13.8. The lowest BCUT2D eigenvalue weighted by Gasteiger charge is -2.12. The minimum absolute atomic E-state index is 0.425. The fraction of sp³-hybridized carbons (Fsp3) is 0.316. The van der Waals surface area contributed by atoms with Crippen LogP contribution in [0.25, 0.3) is 10.4 Å². The second-order valence-electron chi connectivity index (χ2n) is 5.96. The van der Waals surface area contributed by atoms with Gasteiger partial charge in [-0.3, -0.25) is 14.9 Å². The number of aromatic nitrogens is 1. The lowest BCUT2D eigenvalue weighted by molar-refractivity contribution is -0.136. The van der Waals surface area contributed by atoms with Crippen molar-refractivity contribution in [2.75, 3.05) is 11.9 Å². The van der Waals surface area contributed by atoms with E-state index in [1.807, 2.05) is 30.3 Å². The minimum atomic E-state index is -0.674. The van der Waals surface area contributed by atoms with E-state index in [0.717, 1.165) is 29.7 Å². The van der Waals surface area contributed by atoms with E-state index in [1.54, 1.807) is 6.20 Å². The molecule has 6 heteroatoms. The molecule has 130 valence electrons. The van der Waals surface area contributed by atoms with Crippen molar-refractivity contribution in [1.29, 1.82) is 0 Å². The van der Waals surface area contributed by atoms with Crippen molar-refractivity contribution in [2.24, 2.45) is 0 Å². The van der Waals surface area contributed by atoms with Gasteiger partial charge in [0.15, 0.2) is 5.13 Å². The molecular weight excluding hydrogens is 334 g/mol. The van der Waals surface area contributed by atoms with E-state index in [1.165, 1.54) is 29.8 Å². The molecule has 1 aromatic heterocycles. The quantitative estimate of drug-likeness (QED) is 0.634. The zero-order valence-electron chi connectivity index (χ0n) is 14.0. The number of carbonyl (C=O) groups is 2. The van der Waals surface area contributed by atoms with Gasteiger partial charge in [-0.25, -0.2) is 4.98 Å². The molecule has 0 spiro atoms. The van der Waals surface area contributed by atoms with Crippen molar-refractivity contribution >= 4 is 28.3 Å². The molecule has 0 unspecified atom stereocenters. The van der Waals surface area contributed by atoms with Crippen molar-refractivity contribution in [1.82, 2.24) is 10.3 Å². The number of allylic oxidation sites excluding steroid dienone is 1. The molecule has 2 amide bonds. The number of hydrogen-bond acceptors (Lipinski definition) is 4. The molecule has 0 aliphatic heterocycles. The summed E-state index contributed by atoms with van der Waals surface area (Å²) in [5.74, 6) is -1.29. The van der Waals surface area contributed by atoms with E-state index in [0.29, 0.717) is 11.7 Å². The number of carbonyl (C=O) groups excluding carboxylic acids is 2. The van der Waals surface area contributed by atoms with Crippen LogP contribution in [-0.4, -0.2) is 23.3 Å². The first kappa shape index (κ1) is 17.4. The van der Waals surface area contributed by atoms with Gasteiger partial charge < -0.3 is 5.32 Å². The standard InChI is InChI=1S/C19H21N3O2S/c23-17(20-12-11-14-7-3-1-4-8-14)18(24)22-19-21-13-16(25-19)15-9-5-2-6-10-15/h2,5-7,9-10,13H,1,3-4,8,11-12H2,(H,20,23)(H,21,22,24). The molecule has 0 saturated carbocycles. The smallest absolute Gasteiger partial charge is 0.315 e. The summed E-state index contributed by atoms with van der Waals surface area (Å²) in [7, 11) is 0. The Morgan fingerprint density at radius 3 is 2.72 bits per heavy atom. The topological polar surface area (TPSA) is 71.1 Å². The van der Waals surface area contributed by atoms with Gasteiger partial charge in [0.05, 0.1) is 4.88 Å². The summed E-state index contributed by atoms with van der Waals surface area (Å²) in [4.78, 5) is 29.0. The van der Waals surface area contributed by atoms with Crippen LogP contribution in [0.3, 0.4) is 0 Å². The molecule has 25 heavy (non-hydrogen) atoms. The summed E-state index contributed by atoms with van der Waals surface area (Å²) in [5, 5.41) is 5.66. The monoisotopic (exact) mass is 355 g/mol. The maximum Gasteiger partial charge on any atom is 0.315 e. The van der Waals surface area contributed by atoms with Crippen LogP contribution in [0.1, 0.15) is 32.1 Å². The number of nitrogens with zero attached hydrogens (tertiary/aromatic N) is 1. The Morgan fingerprint density at radius 1 is 1.12 bits per heavy atom. The lowest BCUT2D eigenvalue weighted by atomic mass is 9.97. The average Bonchev–Trinajstić information content (AvgIpc) is 3.12. The summed E-state index contributed by atoms with van der Waals surface area (Å²) < 4.78 is 0. The summed E-state index contributed by atoms with van der Waals surface area (Å²) >= 11 is 1.35. The Bertz CT molecular complexity index is 768. The molecule has 0 bridgehead atoms. The first-order chi connectivity index (χ1) is 12.2. The van der Waals surface area contributed by atoms with Gasteiger partial charge in [-0.15, -0.1) is 0 Å². The number of anilines is 1. The molecule has 1 aliphatic carbocycles. The number of thiazole rings is 1. The van der Waals surface area contributed by atoms with Gasteiger partial charge in [-0.1, -0.05) is 53.3 Å². The lowest BCUT2D eigenvalue weighted by Crippen LogP contribution is -2.36. The summed E-state index contributed by atoms with van der Waals surface area (Å²) in [5.41, 5.74) is 2.41. The van der Waals surface area contributed by atoms with E-state index in [2.05, 4.69) is 21.7 Å². The van der Waals surface area contributed by atoms with Gasteiger partial charge >= 0.3 is 11.8 Å². The van der Waals surface area contributed by atoms with Crippen molar-refractivity contribution in [3.8, 4) is 10.4 Å². The van der Waals surface area contributed by atoms with Crippen LogP contribution in [0.5, 0.6) is 0 Å². The molecule has 1 heterocycles. The molecule has 0 fully saturated rings. The highest BCUT2D eigenvalue weighted by atomic mass is 32.1. The third-order valence-corrected chi connectivity index (χ3v) is 5.07. The molecule has 3 rings (SSSR count). The van der Waals surface area contributed by atoms with Crippen LogP contribution in [0, 0.1) is 0 Å². The maximum atomic E-state index is 12.0. The van der Waals surface area contributed by atoms with Crippen molar-refractivity contribution in [2.45, 2.75) is 32.1 Å². The van der Waals surface area contributed by atoms with E-state index < -0.39 is 11.8 Å². The predicted molar refractivity (Wildman–Crippen MR) is 100 cm³/mol. The number of nitrogens with one attached hydrogen (secondary N) is 2. The second kappa shape index (κ2) is 8.58. The minimum Gasteiger partial charge on any atom is -0.348 e. The number of hydrogen-bond donors (Lipinski definition) is 2. The Labute approximate surface area is 151 Å². The Balaban J connectivity index is 1.47. The van der Waals surface area contributed by atoms with E-state index in [4.69, 9.17) is 0 Å². The zero-order valence-corrected chi connectivity index (χ0v) is 14.8. The third-order valence-electron chi connectivity index (χ3n) is 4.11. The predicted octanol–water partition coefficient (Wildman–Crippen LogP) is 3.76. The number of amides is 2. The van der Waals surface area contributed by atoms with E-state index in [9.17, 15) is 9.59 Å². The van der Waals surface area contributed by atoms with E-state index >= 15 is 0 Å². The summed E-state index contributed by atoms with van der Waals surface area (Å²) in [6.07, 6.45) is 9.44. The molecule has 2 N–H and O–H groups in total. The fourth-order valence-electron chi connectivity index (χ4n) is 2.77. The van der Waals surface area contributed by atoms with Gasteiger partial charge in [0.25, 0.3) is 0 Å². The number of rotatable bonds is 5. The van der Waals surface area contributed by atoms with Gasteiger partial charge in [0.2, 0.25) is 0 Å². The van der Waals surface area contributed by atoms with Gasteiger partial charge in [0.1, 0.15) is 0 Å². The summed E-state index contributed by atoms with van der Waals surface area (Å²) in [6, 6.07) is 9.80. The van der Waals surface area contributed by atoms with Crippen molar-refractivity contribution in [3.05, 3.63) is 48.2 Å². The second-order valence-corrected chi connectivity index (χ2v) is 6.99. The highest BCUT2D eigenvalue weighted by Gasteiger charge is 2.15. The van der Waals surface area contributed by atoms with Crippen LogP contribution >= 0.6 is 11.3 Å². The molecular formula is C19H21N3O2S. The van der Waals surface area contributed by atoms with Crippen LogP contribution in [0.15, 0.2) is 48.2 Å². The molecule has 1 aliphatic rings. The molecule has 1 aromatic carbocycles. The van der Waals surface area contributed by atoms with E-state index in [-0.39, 0.29) is 0 Å². The first-order valence-electron chi connectivity index (χ1n) is 8.51. The fourth-order valence-corrected chi connectivity index (χ4v) is 3.59. The third kappa shape index (κ3) is 5.00. The highest BCUT2D eigenvalue weighted by Crippen LogP contribution is 2.28. The Kier molecular flexibility index (Phi) is 5.95. The zero-order chi connectivity index (χ0) is 17.5. The van der Waals surface area contributed by atoms with Crippen LogP contribution in [-0.2, 0) is 9.59 Å². The summed E-state index contributed by atoms with van der Waals surface area (Å²) in [6.45, 7) is 0.491. The Hall–Kier alpha value is -2.47. The van der Waals surface area contributed by atoms with Crippen molar-refractivity contribution < 1.29 is 9.59 Å².